The van der Waals surface area contributed by atoms with Gasteiger partial charge in [-0.25, -0.2) is 13.6 Å². The van der Waals surface area contributed by atoms with E-state index in [0.717, 1.165) is 17.7 Å². The molecular weight excluding hydrogens is 420 g/mol. The van der Waals surface area contributed by atoms with Crippen LogP contribution in [0.15, 0.2) is 36.4 Å². The molecule has 9 heteroatoms. The molecule has 0 aromatic heterocycles. The van der Waals surface area contributed by atoms with Gasteiger partial charge in [-0.05, 0) is 42.2 Å². The lowest BCUT2D eigenvalue weighted by molar-refractivity contribution is -0.132. The zero-order chi connectivity index (χ0) is 23.8. The molecule has 0 spiro atoms. The number of halogens is 2. The summed E-state index contributed by atoms with van der Waals surface area (Å²) >= 11 is 0. The number of hydrogen-bond acceptors (Lipinski definition) is 4. The van der Waals surface area contributed by atoms with Crippen LogP contribution >= 0.6 is 0 Å². The summed E-state index contributed by atoms with van der Waals surface area (Å²) in [6.07, 6.45) is 0.570. The van der Waals surface area contributed by atoms with Gasteiger partial charge in [0.05, 0.1) is 19.9 Å². The molecule has 0 heterocycles. The first kappa shape index (κ1) is 24.9. The Balaban J connectivity index is 2.00. The van der Waals surface area contributed by atoms with Gasteiger partial charge >= 0.3 is 6.03 Å². The topological polar surface area (TPSA) is 79.9 Å². The highest BCUT2D eigenvalue weighted by Gasteiger charge is 2.27. The second-order valence-corrected chi connectivity index (χ2v) is 7.64. The van der Waals surface area contributed by atoms with Gasteiger partial charge in [-0.1, -0.05) is 19.9 Å². The molecule has 0 aliphatic rings. The zero-order valence-electron chi connectivity index (χ0n) is 18.9. The fraction of sp³-hybridized carbons (Fsp3) is 0.391. The Morgan fingerprint density at radius 3 is 2.31 bits per heavy atom. The van der Waals surface area contributed by atoms with E-state index in [1.54, 1.807) is 41.2 Å². The number of carbonyl (C=O) groups excluding carboxylic acids is 2. The summed E-state index contributed by atoms with van der Waals surface area (Å²) in [4.78, 5) is 26.8. The van der Waals surface area contributed by atoms with Crippen LogP contribution in [0.1, 0.15) is 19.4 Å². The molecule has 32 heavy (non-hydrogen) atoms. The number of methoxy groups -OCH3 is 2. The molecule has 174 valence electrons. The molecule has 2 rings (SSSR count). The number of nitrogens with one attached hydrogen (secondary N) is 2. The number of nitrogens with zero attached hydrogens (tertiary/aromatic N) is 1. The van der Waals surface area contributed by atoms with Crippen molar-refractivity contribution in [3.63, 3.8) is 0 Å². The monoisotopic (exact) mass is 449 g/mol. The predicted molar refractivity (Wildman–Crippen MR) is 118 cm³/mol. The van der Waals surface area contributed by atoms with Crippen LogP contribution in [0.2, 0.25) is 0 Å². The average Bonchev–Trinajstić information content (AvgIpc) is 2.76. The smallest absolute Gasteiger partial charge is 0.319 e. The third-order valence-electron chi connectivity index (χ3n) is 4.96. The van der Waals surface area contributed by atoms with Gasteiger partial charge in [0.25, 0.3) is 0 Å². The molecule has 0 radical (unpaired) electrons. The van der Waals surface area contributed by atoms with E-state index >= 15 is 0 Å². The Morgan fingerprint density at radius 1 is 1.03 bits per heavy atom. The number of rotatable bonds is 9. The maximum atomic E-state index is 13.8. The largest absolute Gasteiger partial charge is 0.493 e. The summed E-state index contributed by atoms with van der Waals surface area (Å²) < 4.78 is 37.4. The van der Waals surface area contributed by atoms with Gasteiger partial charge in [-0.3, -0.25) is 4.79 Å². The van der Waals surface area contributed by atoms with Crippen molar-refractivity contribution in [2.45, 2.75) is 26.3 Å². The summed E-state index contributed by atoms with van der Waals surface area (Å²) in [7, 11) is 4.76. The van der Waals surface area contributed by atoms with Crippen molar-refractivity contribution in [1.29, 1.82) is 0 Å². The van der Waals surface area contributed by atoms with Crippen LogP contribution in [-0.4, -0.2) is 50.7 Å². The molecule has 3 amide bonds. The average molecular weight is 449 g/mol. The molecule has 0 fully saturated rings. The van der Waals surface area contributed by atoms with Crippen molar-refractivity contribution in [1.82, 2.24) is 10.2 Å². The Kier molecular flexibility index (Phi) is 8.80. The molecule has 0 bridgehead atoms. The van der Waals surface area contributed by atoms with Gasteiger partial charge in [0.2, 0.25) is 5.91 Å². The second-order valence-electron chi connectivity index (χ2n) is 7.64. The summed E-state index contributed by atoms with van der Waals surface area (Å²) in [5.74, 6) is -0.928. The normalized spacial score (nSPS) is 11.6. The standard InChI is InChI=1S/C23H29F2N3O4/c1-14(2)21(27-23(30)26-18-8-7-16(24)13-17(18)25)22(29)28(3)11-10-15-6-9-19(31-4)20(12-15)32-5/h6-9,12-14,21H,10-11H2,1-5H3,(H2,26,27,30). The summed E-state index contributed by atoms with van der Waals surface area (Å²) in [5.41, 5.74) is 0.779. The molecule has 0 saturated heterocycles. The highest BCUT2D eigenvalue weighted by atomic mass is 19.1. The highest BCUT2D eigenvalue weighted by Crippen LogP contribution is 2.27. The van der Waals surface area contributed by atoms with Gasteiger partial charge in [-0.15, -0.1) is 0 Å². The third-order valence-corrected chi connectivity index (χ3v) is 4.96. The van der Waals surface area contributed by atoms with Gasteiger partial charge < -0.3 is 25.0 Å². The van der Waals surface area contributed by atoms with Crippen LogP contribution < -0.4 is 20.1 Å². The van der Waals surface area contributed by atoms with Gasteiger partial charge in [0.15, 0.2) is 11.5 Å². The maximum absolute atomic E-state index is 13.8. The van der Waals surface area contributed by atoms with E-state index in [1.165, 1.54) is 4.90 Å². The minimum absolute atomic E-state index is 0.180. The van der Waals surface area contributed by atoms with Crippen LogP contribution in [0, 0.1) is 17.6 Å². The van der Waals surface area contributed by atoms with Gasteiger partial charge in [0, 0.05) is 19.7 Å². The molecule has 2 N–H and O–H groups in total. The molecule has 2 aromatic carbocycles. The van der Waals surface area contributed by atoms with Crippen molar-refractivity contribution in [2.24, 2.45) is 5.92 Å². The van der Waals surface area contributed by atoms with Crippen molar-refractivity contribution in [3.05, 3.63) is 53.6 Å². The Hall–Kier alpha value is -3.36. The van der Waals surface area contributed by atoms with E-state index in [9.17, 15) is 18.4 Å². The number of anilines is 1. The van der Waals surface area contributed by atoms with E-state index < -0.39 is 23.7 Å². The number of carbonyl (C=O) groups is 2. The van der Waals surface area contributed by atoms with E-state index in [4.69, 9.17) is 9.47 Å². The first-order valence-electron chi connectivity index (χ1n) is 10.1. The Bertz CT molecular complexity index is 953. The zero-order valence-corrected chi connectivity index (χ0v) is 18.9. The van der Waals surface area contributed by atoms with Crippen molar-refractivity contribution < 1.29 is 27.8 Å². The minimum atomic E-state index is -0.903. The lowest BCUT2D eigenvalue weighted by Gasteiger charge is -2.27. The van der Waals surface area contributed by atoms with E-state index in [0.29, 0.717) is 30.5 Å². The molecule has 0 aliphatic heterocycles. The molecular formula is C23H29F2N3O4. The Labute approximate surface area is 186 Å². The molecule has 2 aromatic rings. The SMILES string of the molecule is COc1ccc(CCN(C)C(=O)C(NC(=O)Nc2ccc(F)cc2F)C(C)C)cc1OC. The molecule has 0 saturated carbocycles. The first-order valence-corrected chi connectivity index (χ1v) is 10.1. The quantitative estimate of drug-likeness (QED) is 0.610. The van der Waals surface area contributed by atoms with Crippen LogP contribution in [0.5, 0.6) is 11.5 Å². The number of benzene rings is 2. The van der Waals surface area contributed by atoms with Gasteiger partial charge in [0.1, 0.15) is 17.7 Å². The van der Waals surface area contributed by atoms with E-state index in [1.807, 2.05) is 12.1 Å². The van der Waals surface area contributed by atoms with Gasteiger partial charge in [-0.2, -0.15) is 0 Å². The number of amides is 3. The van der Waals surface area contributed by atoms with Crippen molar-refractivity contribution in [3.8, 4) is 11.5 Å². The number of ether oxygens (including phenoxy) is 2. The highest BCUT2D eigenvalue weighted by molar-refractivity contribution is 5.93. The minimum Gasteiger partial charge on any atom is -0.493 e. The lowest BCUT2D eigenvalue weighted by atomic mass is 10.0. The molecule has 0 aliphatic carbocycles. The van der Waals surface area contributed by atoms with E-state index in [2.05, 4.69) is 10.6 Å². The van der Waals surface area contributed by atoms with Crippen LogP contribution in [0.4, 0.5) is 19.3 Å². The fourth-order valence-corrected chi connectivity index (χ4v) is 3.08. The third kappa shape index (κ3) is 6.57. The van der Waals surface area contributed by atoms with E-state index in [-0.39, 0.29) is 17.5 Å². The van der Waals surface area contributed by atoms with Crippen molar-refractivity contribution >= 4 is 17.6 Å². The Morgan fingerprint density at radius 2 is 1.72 bits per heavy atom. The number of hydrogen-bond donors (Lipinski definition) is 2. The fourth-order valence-electron chi connectivity index (χ4n) is 3.08. The first-order chi connectivity index (χ1) is 15.2. The molecule has 7 nitrogen and oxygen atoms in total. The number of urea groups is 1. The van der Waals surface area contributed by atoms with Crippen LogP contribution in [0.3, 0.4) is 0 Å². The summed E-state index contributed by atoms with van der Waals surface area (Å²) in [6.45, 7) is 4.00. The molecule has 1 unspecified atom stereocenters. The van der Waals surface area contributed by atoms with Crippen LogP contribution in [-0.2, 0) is 11.2 Å². The van der Waals surface area contributed by atoms with Crippen LogP contribution in [0.25, 0.3) is 0 Å². The predicted octanol–water partition coefficient (Wildman–Crippen LogP) is 3.83. The molecule has 1 atom stereocenters. The second kappa shape index (κ2) is 11.3. The summed E-state index contributed by atoms with van der Waals surface area (Å²) in [5, 5.41) is 4.89. The van der Waals surface area contributed by atoms with Crippen molar-refractivity contribution in [2.75, 3.05) is 33.1 Å². The maximum Gasteiger partial charge on any atom is 0.319 e. The summed E-state index contributed by atoms with van der Waals surface area (Å²) in [6, 6.07) is 6.78. The lowest BCUT2D eigenvalue weighted by Crippen LogP contribution is -2.51. The number of likely N-dealkylation sites (N-methyl/N-ethyl adjacent to an activating group) is 1.